The summed E-state index contributed by atoms with van der Waals surface area (Å²) in [7, 11) is 0. The molecule has 0 unspecified atom stereocenters. The highest BCUT2D eigenvalue weighted by molar-refractivity contribution is 5.93. The van der Waals surface area contributed by atoms with Crippen LogP contribution < -0.4 is 5.32 Å². The number of benzene rings is 1. The molecule has 1 aromatic carbocycles. The molecule has 0 radical (unpaired) electrons. The second kappa shape index (κ2) is 8.72. The van der Waals surface area contributed by atoms with Gasteiger partial charge in [-0.1, -0.05) is 39.0 Å². The number of aliphatic hydroxyl groups is 1. The first-order chi connectivity index (χ1) is 9.58. The Balaban J connectivity index is 2.61. The molecule has 0 aliphatic rings. The van der Waals surface area contributed by atoms with E-state index in [9.17, 15) is 4.79 Å². The van der Waals surface area contributed by atoms with Gasteiger partial charge in [-0.25, -0.2) is 0 Å². The zero-order chi connectivity index (χ0) is 15.0. The van der Waals surface area contributed by atoms with Crippen LogP contribution in [0, 0.1) is 0 Å². The number of amides is 1. The Kier molecular flexibility index (Phi) is 7.26. The van der Waals surface area contributed by atoms with Crippen molar-refractivity contribution in [2.75, 3.05) is 31.6 Å². The van der Waals surface area contributed by atoms with Crippen molar-refractivity contribution < 1.29 is 9.90 Å². The molecule has 0 aromatic heterocycles. The molecule has 0 bridgehead atoms. The molecule has 0 saturated carbocycles. The number of hydrogen-bond donors (Lipinski definition) is 2. The van der Waals surface area contributed by atoms with Gasteiger partial charge in [0.15, 0.2) is 0 Å². The average Bonchev–Trinajstić information content (AvgIpc) is 2.43. The zero-order valence-corrected chi connectivity index (χ0v) is 12.7. The van der Waals surface area contributed by atoms with Gasteiger partial charge >= 0.3 is 0 Å². The number of anilines is 1. The van der Waals surface area contributed by atoms with Gasteiger partial charge < -0.3 is 10.4 Å². The maximum absolute atomic E-state index is 12.1. The minimum atomic E-state index is -0.00195. The van der Waals surface area contributed by atoms with Gasteiger partial charge in [-0.2, -0.15) is 0 Å². The zero-order valence-electron chi connectivity index (χ0n) is 12.7. The van der Waals surface area contributed by atoms with Crippen LogP contribution >= 0.6 is 0 Å². The molecule has 0 aliphatic heterocycles. The summed E-state index contributed by atoms with van der Waals surface area (Å²) >= 11 is 0. The van der Waals surface area contributed by atoms with Gasteiger partial charge in [0, 0.05) is 18.8 Å². The van der Waals surface area contributed by atoms with Crippen LogP contribution in [0.1, 0.15) is 38.7 Å². The fraction of sp³-hybridized carbons (Fsp3) is 0.562. The van der Waals surface area contributed by atoms with E-state index in [2.05, 4.69) is 19.2 Å². The first-order valence-electron chi connectivity index (χ1n) is 7.30. The van der Waals surface area contributed by atoms with Crippen LogP contribution in [0.3, 0.4) is 0 Å². The largest absolute Gasteiger partial charge is 0.396 e. The molecule has 1 rings (SSSR count). The van der Waals surface area contributed by atoms with E-state index in [0.29, 0.717) is 18.9 Å². The van der Waals surface area contributed by atoms with Crippen LogP contribution in [0.5, 0.6) is 0 Å². The second-order valence-corrected chi connectivity index (χ2v) is 5.24. The lowest BCUT2D eigenvalue weighted by Gasteiger charge is -2.20. The normalized spacial score (nSPS) is 11.1. The summed E-state index contributed by atoms with van der Waals surface area (Å²) in [6, 6.07) is 7.91. The first kappa shape index (κ1) is 16.7. The minimum Gasteiger partial charge on any atom is -0.396 e. The van der Waals surface area contributed by atoms with E-state index >= 15 is 0 Å². The Morgan fingerprint density at radius 1 is 1.35 bits per heavy atom. The summed E-state index contributed by atoms with van der Waals surface area (Å²) < 4.78 is 0. The van der Waals surface area contributed by atoms with Crippen molar-refractivity contribution in [2.24, 2.45) is 0 Å². The van der Waals surface area contributed by atoms with Gasteiger partial charge in [0.2, 0.25) is 5.91 Å². The molecule has 2 N–H and O–H groups in total. The summed E-state index contributed by atoms with van der Waals surface area (Å²) in [5.74, 6) is 0.376. The van der Waals surface area contributed by atoms with E-state index in [1.165, 1.54) is 0 Å². The number of carbonyl (C=O) groups excluding carboxylic acids is 1. The molecule has 4 nitrogen and oxygen atoms in total. The molecule has 1 aromatic rings. The van der Waals surface area contributed by atoms with Gasteiger partial charge in [0.25, 0.3) is 0 Å². The lowest BCUT2D eigenvalue weighted by atomic mass is 10.0. The molecule has 0 aliphatic carbocycles. The summed E-state index contributed by atoms with van der Waals surface area (Å²) in [6.45, 7) is 8.32. The van der Waals surface area contributed by atoms with Crippen molar-refractivity contribution in [1.29, 1.82) is 0 Å². The van der Waals surface area contributed by atoms with Gasteiger partial charge in [0.1, 0.15) is 0 Å². The van der Waals surface area contributed by atoms with Gasteiger partial charge in [0.05, 0.1) is 6.54 Å². The standard InChI is InChI=1S/C16H26N2O2/c1-4-18(10-7-11-19)12-16(20)17-15-9-6-5-8-14(15)13(2)3/h5-6,8-9,13,19H,4,7,10-12H2,1-3H3,(H,17,20). The minimum absolute atomic E-state index is 0.00195. The third kappa shape index (κ3) is 5.31. The Bertz CT molecular complexity index is 419. The quantitative estimate of drug-likeness (QED) is 0.768. The molecule has 112 valence electrons. The molecule has 0 heterocycles. The Hall–Kier alpha value is -1.39. The average molecular weight is 278 g/mol. The highest BCUT2D eigenvalue weighted by atomic mass is 16.3. The topological polar surface area (TPSA) is 52.6 Å². The molecule has 0 fully saturated rings. The highest BCUT2D eigenvalue weighted by Gasteiger charge is 2.12. The van der Waals surface area contributed by atoms with Crippen molar-refractivity contribution >= 4 is 11.6 Å². The Morgan fingerprint density at radius 2 is 2.05 bits per heavy atom. The van der Waals surface area contributed by atoms with Gasteiger partial charge in [-0.15, -0.1) is 0 Å². The summed E-state index contributed by atoms with van der Waals surface area (Å²) in [6.07, 6.45) is 0.698. The number of para-hydroxylation sites is 1. The van der Waals surface area contributed by atoms with Gasteiger partial charge in [-0.05, 0) is 30.5 Å². The number of nitrogens with zero attached hydrogens (tertiary/aromatic N) is 1. The van der Waals surface area contributed by atoms with Crippen LogP contribution in [0.2, 0.25) is 0 Å². The Morgan fingerprint density at radius 3 is 2.65 bits per heavy atom. The summed E-state index contributed by atoms with van der Waals surface area (Å²) in [5, 5.41) is 11.8. The maximum atomic E-state index is 12.1. The van der Waals surface area contributed by atoms with E-state index < -0.39 is 0 Å². The number of aliphatic hydroxyl groups excluding tert-OH is 1. The lowest BCUT2D eigenvalue weighted by Crippen LogP contribution is -2.34. The van der Waals surface area contributed by atoms with Gasteiger partial charge in [-0.3, -0.25) is 9.69 Å². The monoisotopic (exact) mass is 278 g/mol. The third-order valence-electron chi connectivity index (χ3n) is 3.30. The van der Waals surface area contributed by atoms with E-state index in [1.807, 2.05) is 36.1 Å². The van der Waals surface area contributed by atoms with Crippen molar-refractivity contribution in [3.63, 3.8) is 0 Å². The second-order valence-electron chi connectivity index (χ2n) is 5.24. The molecular weight excluding hydrogens is 252 g/mol. The van der Waals surface area contributed by atoms with Crippen LogP contribution in [-0.2, 0) is 4.79 Å². The van der Waals surface area contributed by atoms with Crippen LogP contribution in [0.4, 0.5) is 5.69 Å². The first-order valence-corrected chi connectivity index (χ1v) is 7.30. The molecular formula is C16H26N2O2. The van der Waals surface area contributed by atoms with E-state index in [4.69, 9.17) is 5.11 Å². The SMILES string of the molecule is CCN(CCCO)CC(=O)Nc1ccccc1C(C)C. The highest BCUT2D eigenvalue weighted by Crippen LogP contribution is 2.23. The number of rotatable bonds is 8. The number of carbonyl (C=O) groups is 1. The number of nitrogens with one attached hydrogen (secondary N) is 1. The predicted octanol–water partition coefficient (Wildman–Crippen LogP) is 2.45. The molecule has 0 atom stereocenters. The van der Waals surface area contributed by atoms with Crippen molar-refractivity contribution in [2.45, 2.75) is 33.1 Å². The van der Waals surface area contributed by atoms with Crippen LogP contribution in [0.25, 0.3) is 0 Å². The molecule has 1 amide bonds. The maximum Gasteiger partial charge on any atom is 0.238 e. The van der Waals surface area contributed by atoms with E-state index in [0.717, 1.165) is 24.3 Å². The van der Waals surface area contributed by atoms with Crippen molar-refractivity contribution in [3.8, 4) is 0 Å². The predicted molar refractivity (Wildman–Crippen MR) is 83.0 cm³/mol. The van der Waals surface area contributed by atoms with E-state index in [-0.39, 0.29) is 12.5 Å². The molecule has 20 heavy (non-hydrogen) atoms. The van der Waals surface area contributed by atoms with E-state index in [1.54, 1.807) is 0 Å². The lowest BCUT2D eigenvalue weighted by molar-refractivity contribution is -0.117. The van der Waals surface area contributed by atoms with Crippen LogP contribution in [0.15, 0.2) is 24.3 Å². The summed E-state index contributed by atoms with van der Waals surface area (Å²) in [5.41, 5.74) is 2.05. The number of hydrogen-bond acceptors (Lipinski definition) is 3. The fourth-order valence-corrected chi connectivity index (χ4v) is 2.15. The number of likely N-dealkylation sites (N-methyl/N-ethyl adjacent to an activating group) is 1. The van der Waals surface area contributed by atoms with Crippen molar-refractivity contribution in [3.05, 3.63) is 29.8 Å². The van der Waals surface area contributed by atoms with Crippen molar-refractivity contribution in [1.82, 2.24) is 4.90 Å². The van der Waals surface area contributed by atoms with Crippen LogP contribution in [-0.4, -0.2) is 42.2 Å². The Labute approximate surface area is 121 Å². The molecule has 0 saturated heterocycles. The summed E-state index contributed by atoms with van der Waals surface area (Å²) in [4.78, 5) is 14.1. The smallest absolute Gasteiger partial charge is 0.238 e. The molecule has 4 heteroatoms. The fourth-order valence-electron chi connectivity index (χ4n) is 2.15. The molecule has 0 spiro atoms. The third-order valence-corrected chi connectivity index (χ3v) is 3.30.